The first-order valence-corrected chi connectivity index (χ1v) is 9.12. The average Bonchev–Trinajstić information content (AvgIpc) is 3.30. The van der Waals surface area contributed by atoms with Crippen molar-refractivity contribution in [3.63, 3.8) is 0 Å². The number of nitrogens with two attached hydrogens (primary N) is 1. The molecule has 3 atom stereocenters. The molecule has 128 valence electrons. The van der Waals surface area contributed by atoms with Crippen LogP contribution >= 0.6 is 0 Å². The highest BCUT2D eigenvalue weighted by molar-refractivity contribution is 6.06. The number of carbonyl (C=O) groups is 1. The molecule has 4 nitrogen and oxygen atoms in total. The molecule has 0 bridgehead atoms. The highest BCUT2D eigenvalue weighted by atomic mass is 16.3. The normalized spacial score (nSPS) is 25.8. The van der Waals surface area contributed by atoms with Gasteiger partial charge in [-0.25, -0.2) is 0 Å². The van der Waals surface area contributed by atoms with Crippen molar-refractivity contribution >= 4 is 27.6 Å². The molecule has 1 aliphatic carbocycles. The highest BCUT2D eigenvalue weighted by Crippen LogP contribution is 2.37. The quantitative estimate of drug-likeness (QED) is 0.782. The Morgan fingerprint density at radius 2 is 2.00 bits per heavy atom. The van der Waals surface area contributed by atoms with Crippen molar-refractivity contribution in [3.8, 4) is 0 Å². The number of fused-ring (bicyclic) bond motifs is 4. The second-order valence-corrected chi connectivity index (χ2v) is 7.55. The van der Waals surface area contributed by atoms with Crippen LogP contribution in [0.2, 0.25) is 0 Å². The summed E-state index contributed by atoms with van der Waals surface area (Å²) in [5.41, 5.74) is 7.03. The van der Waals surface area contributed by atoms with Crippen molar-refractivity contribution in [2.45, 2.75) is 25.3 Å². The van der Waals surface area contributed by atoms with Gasteiger partial charge in [0.1, 0.15) is 11.3 Å². The Balaban J connectivity index is 1.39. The first-order chi connectivity index (χ1) is 12.2. The molecule has 2 aromatic carbocycles. The summed E-state index contributed by atoms with van der Waals surface area (Å²) in [6.07, 6.45) is 2.60. The number of hydrogen-bond donors (Lipinski definition) is 1. The van der Waals surface area contributed by atoms with E-state index in [9.17, 15) is 4.79 Å². The first kappa shape index (κ1) is 15.0. The standard InChI is InChI=1S/C21H22N2O2/c22-19-7-5-14-11-23(12-18(14)19)21(24)10-15-9-17-16-4-2-1-3-13(16)6-8-20(17)25-15/h1-4,6,8-9,14,18-19H,5,7,10-12,22H2. The minimum Gasteiger partial charge on any atom is -0.461 e. The van der Waals surface area contributed by atoms with E-state index >= 15 is 0 Å². The van der Waals surface area contributed by atoms with Gasteiger partial charge in [-0.15, -0.1) is 0 Å². The number of carbonyl (C=O) groups excluding carboxylic acids is 1. The molecular formula is C21H22N2O2. The fourth-order valence-corrected chi connectivity index (χ4v) is 4.70. The summed E-state index contributed by atoms with van der Waals surface area (Å²) in [5.74, 6) is 1.99. The van der Waals surface area contributed by atoms with E-state index < -0.39 is 0 Å². The fourth-order valence-electron chi connectivity index (χ4n) is 4.70. The molecule has 2 aliphatic rings. The summed E-state index contributed by atoms with van der Waals surface area (Å²) in [6, 6.07) is 14.6. The second kappa shape index (κ2) is 5.60. The molecule has 0 radical (unpaired) electrons. The fraction of sp³-hybridized carbons (Fsp3) is 0.381. The molecule has 2 fully saturated rings. The number of amides is 1. The average molecular weight is 334 g/mol. The maximum Gasteiger partial charge on any atom is 0.230 e. The van der Waals surface area contributed by atoms with Gasteiger partial charge in [0.05, 0.1) is 6.42 Å². The lowest BCUT2D eigenvalue weighted by molar-refractivity contribution is -0.130. The minimum atomic E-state index is 0.157. The lowest BCUT2D eigenvalue weighted by atomic mass is 9.98. The topological polar surface area (TPSA) is 59.5 Å². The van der Waals surface area contributed by atoms with Crippen molar-refractivity contribution in [1.82, 2.24) is 4.90 Å². The SMILES string of the molecule is NC1CCC2CN(C(=O)Cc3cc4c(ccc5ccccc54)o3)CC12. The monoisotopic (exact) mass is 334 g/mol. The molecule has 1 amide bonds. The summed E-state index contributed by atoms with van der Waals surface area (Å²) in [6.45, 7) is 1.67. The molecule has 3 aromatic rings. The van der Waals surface area contributed by atoms with Crippen LogP contribution in [0.15, 0.2) is 46.9 Å². The van der Waals surface area contributed by atoms with Gasteiger partial charge in [0, 0.05) is 24.5 Å². The van der Waals surface area contributed by atoms with Crippen LogP contribution in [0.4, 0.5) is 0 Å². The Kier molecular flexibility index (Phi) is 3.35. The van der Waals surface area contributed by atoms with Gasteiger partial charge in [0.15, 0.2) is 0 Å². The smallest absolute Gasteiger partial charge is 0.230 e. The van der Waals surface area contributed by atoms with Crippen LogP contribution in [0.1, 0.15) is 18.6 Å². The zero-order chi connectivity index (χ0) is 17.0. The molecule has 1 aromatic heterocycles. The summed E-state index contributed by atoms with van der Waals surface area (Å²) in [4.78, 5) is 14.7. The molecule has 1 saturated heterocycles. The van der Waals surface area contributed by atoms with E-state index in [1.165, 1.54) is 10.8 Å². The Morgan fingerprint density at radius 3 is 2.88 bits per heavy atom. The molecule has 1 saturated carbocycles. The van der Waals surface area contributed by atoms with Crippen molar-refractivity contribution in [2.75, 3.05) is 13.1 Å². The van der Waals surface area contributed by atoms with Gasteiger partial charge in [0.2, 0.25) is 5.91 Å². The van der Waals surface area contributed by atoms with Crippen LogP contribution in [-0.4, -0.2) is 29.9 Å². The Hall–Kier alpha value is -2.33. The van der Waals surface area contributed by atoms with Crippen LogP contribution in [-0.2, 0) is 11.2 Å². The number of rotatable bonds is 2. The Bertz CT molecular complexity index is 961. The Morgan fingerprint density at radius 1 is 1.12 bits per heavy atom. The van der Waals surface area contributed by atoms with Crippen molar-refractivity contribution in [2.24, 2.45) is 17.6 Å². The van der Waals surface area contributed by atoms with Crippen LogP contribution in [0.5, 0.6) is 0 Å². The number of nitrogens with zero attached hydrogens (tertiary/aromatic N) is 1. The zero-order valence-corrected chi connectivity index (χ0v) is 14.2. The van der Waals surface area contributed by atoms with Gasteiger partial charge in [0.25, 0.3) is 0 Å². The molecule has 0 spiro atoms. The van der Waals surface area contributed by atoms with Gasteiger partial charge in [-0.2, -0.15) is 0 Å². The molecular weight excluding hydrogens is 312 g/mol. The molecule has 25 heavy (non-hydrogen) atoms. The molecule has 2 N–H and O–H groups in total. The summed E-state index contributed by atoms with van der Waals surface area (Å²) in [7, 11) is 0. The van der Waals surface area contributed by atoms with Crippen molar-refractivity contribution in [1.29, 1.82) is 0 Å². The van der Waals surface area contributed by atoms with Gasteiger partial charge in [-0.05, 0) is 47.6 Å². The third-order valence-electron chi connectivity index (χ3n) is 6.07. The Labute approximate surface area is 146 Å². The molecule has 4 heteroatoms. The van der Waals surface area contributed by atoms with Gasteiger partial charge < -0.3 is 15.1 Å². The minimum absolute atomic E-state index is 0.157. The van der Waals surface area contributed by atoms with Crippen molar-refractivity contribution in [3.05, 3.63) is 48.2 Å². The lowest BCUT2D eigenvalue weighted by Gasteiger charge is -2.18. The van der Waals surface area contributed by atoms with Gasteiger partial charge in [-0.1, -0.05) is 30.3 Å². The van der Waals surface area contributed by atoms with E-state index in [-0.39, 0.29) is 11.9 Å². The van der Waals surface area contributed by atoms with E-state index in [4.69, 9.17) is 10.2 Å². The summed E-state index contributed by atoms with van der Waals surface area (Å²) >= 11 is 0. The number of hydrogen-bond acceptors (Lipinski definition) is 3. The van der Waals surface area contributed by atoms with Gasteiger partial charge >= 0.3 is 0 Å². The zero-order valence-electron chi connectivity index (χ0n) is 14.2. The third-order valence-corrected chi connectivity index (χ3v) is 6.07. The van der Waals surface area contributed by atoms with E-state index in [1.54, 1.807) is 0 Å². The predicted octanol–water partition coefficient (Wildman–Crippen LogP) is 3.32. The summed E-state index contributed by atoms with van der Waals surface area (Å²) < 4.78 is 5.95. The maximum absolute atomic E-state index is 12.7. The molecule has 3 unspecified atom stereocenters. The van der Waals surface area contributed by atoms with Crippen LogP contribution < -0.4 is 5.73 Å². The third kappa shape index (κ3) is 2.44. The van der Waals surface area contributed by atoms with Crippen molar-refractivity contribution < 1.29 is 9.21 Å². The number of benzene rings is 2. The van der Waals surface area contributed by atoms with Crippen LogP contribution in [0.3, 0.4) is 0 Å². The van der Waals surface area contributed by atoms with E-state index in [2.05, 4.69) is 18.2 Å². The largest absolute Gasteiger partial charge is 0.461 e. The summed E-state index contributed by atoms with van der Waals surface area (Å²) in [5, 5.41) is 3.44. The number of furan rings is 1. The first-order valence-electron chi connectivity index (χ1n) is 9.12. The van der Waals surface area contributed by atoms with Crippen LogP contribution in [0.25, 0.3) is 21.7 Å². The van der Waals surface area contributed by atoms with E-state index in [0.29, 0.717) is 18.3 Å². The van der Waals surface area contributed by atoms with Crippen LogP contribution in [0, 0.1) is 11.8 Å². The molecule has 1 aliphatic heterocycles. The van der Waals surface area contributed by atoms with E-state index in [1.807, 2.05) is 29.2 Å². The van der Waals surface area contributed by atoms with Gasteiger partial charge in [-0.3, -0.25) is 4.79 Å². The highest BCUT2D eigenvalue weighted by Gasteiger charge is 2.42. The maximum atomic E-state index is 12.7. The molecule has 2 heterocycles. The second-order valence-electron chi connectivity index (χ2n) is 7.55. The lowest BCUT2D eigenvalue weighted by Crippen LogP contribution is -2.34. The predicted molar refractivity (Wildman–Crippen MR) is 98.2 cm³/mol. The van der Waals surface area contributed by atoms with E-state index in [0.717, 1.165) is 42.7 Å². The molecule has 5 rings (SSSR count). The number of likely N-dealkylation sites (tertiary alicyclic amines) is 1.